The minimum absolute atomic E-state index is 0.222. The zero-order chi connectivity index (χ0) is 23.5. The molecule has 7 nitrogen and oxygen atoms in total. The number of nitrogens with one attached hydrogen (secondary N) is 2. The molecule has 1 aromatic heterocycles. The Morgan fingerprint density at radius 2 is 1.91 bits per heavy atom. The Labute approximate surface area is 196 Å². The number of amides is 2. The fourth-order valence-corrected chi connectivity index (χ4v) is 4.10. The number of benzene rings is 2. The van der Waals surface area contributed by atoms with Crippen LogP contribution in [0.2, 0.25) is 5.02 Å². The molecule has 2 amide bonds. The van der Waals surface area contributed by atoms with E-state index in [1.807, 2.05) is 26.0 Å². The molecule has 170 valence electrons. The number of furan rings is 1. The van der Waals surface area contributed by atoms with E-state index in [0.717, 1.165) is 17.5 Å². The third kappa shape index (κ3) is 4.78. The van der Waals surface area contributed by atoms with E-state index in [1.54, 1.807) is 37.4 Å². The molecule has 0 aliphatic heterocycles. The van der Waals surface area contributed by atoms with Crippen LogP contribution in [0.1, 0.15) is 56.2 Å². The number of nitrogens with zero attached hydrogens (tertiary/aromatic N) is 1. The van der Waals surface area contributed by atoms with Crippen LogP contribution in [0.15, 0.2) is 52.0 Å². The molecule has 0 atom stereocenters. The van der Waals surface area contributed by atoms with Crippen LogP contribution in [0.25, 0.3) is 0 Å². The zero-order valence-electron chi connectivity index (χ0n) is 18.6. The molecule has 1 aliphatic carbocycles. The quantitative estimate of drug-likeness (QED) is 0.501. The highest BCUT2D eigenvalue weighted by Crippen LogP contribution is 2.31. The lowest BCUT2D eigenvalue weighted by molar-refractivity contribution is 0.0953. The second-order valence-corrected chi connectivity index (χ2v) is 8.31. The van der Waals surface area contributed by atoms with Crippen LogP contribution in [0.5, 0.6) is 5.75 Å². The van der Waals surface area contributed by atoms with Crippen LogP contribution >= 0.6 is 11.6 Å². The summed E-state index contributed by atoms with van der Waals surface area (Å²) in [4.78, 5) is 25.5. The summed E-state index contributed by atoms with van der Waals surface area (Å²) in [6.45, 7) is 3.76. The second kappa shape index (κ2) is 9.50. The number of rotatable bonds is 5. The highest BCUT2D eigenvalue weighted by atomic mass is 35.5. The van der Waals surface area contributed by atoms with Gasteiger partial charge in [0.05, 0.1) is 18.5 Å². The Morgan fingerprint density at radius 3 is 2.67 bits per heavy atom. The maximum absolute atomic E-state index is 13.0. The Balaban J connectivity index is 1.59. The largest absolute Gasteiger partial charge is 0.495 e. The van der Waals surface area contributed by atoms with Crippen molar-refractivity contribution in [2.45, 2.75) is 33.1 Å². The number of carbonyl (C=O) groups is 2. The summed E-state index contributed by atoms with van der Waals surface area (Å²) in [6.07, 6.45) is 2.16. The fourth-order valence-electron chi connectivity index (χ4n) is 3.91. The number of hydrogen-bond acceptors (Lipinski definition) is 5. The number of methoxy groups -OCH3 is 1. The highest BCUT2D eigenvalue weighted by molar-refractivity contribution is 6.31. The number of hydrogen-bond donors (Lipinski definition) is 2. The minimum Gasteiger partial charge on any atom is -0.495 e. The van der Waals surface area contributed by atoms with Crippen molar-refractivity contribution in [3.05, 3.63) is 81.3 Å². The van der Waals surface area contributed by atoms with Gasteiger partial charge in [-0.05, 0) is 62.6 Å². The standard InChI is InChI=1S/C25H24ClN3O4/c1-14-10-11-20(32-3)19(12-14)27-25(31)23-15(2)22-18(8-5-9-21(22)33-23)28-29-24(30)16-6-4-7-17(26)13-16/h4,6-7,10-13H,5,8-9H2,1-3H3,(H,27,31)(H,29,30)/b28-18+. The molecule has 0 spiro atoms. The van der Waals surface area contributed by atoms with Crippen LogP contribution in [-0.4, -0.2) is 24.6 Å². The molecular formula is C25H24ClN3O4. The van der Waals surface area contributed by atoms with Gasteiger partial charge in [0.2, 0.25) is 0 Å². The predicted octanol–water partition coefficient (Wildman–Crippen LogP) is 5.28. The van der Waals surface area contributed by atoms with Gasteiger partial charge in [0.1, 0.15) is 11.5 Å². The van der Waals surface area contributed by atoms with Gasteiger partial charge in [-0.3, -0.25) is 9.59 Å². The first-order chi connectivity index (χ1) is 15.9. The van der Waals surface area contributed by atoms with Gasteiger partial charge < -0.3 is 14.5 Å². The van der Waals surface area contributed by atoms with E-state index in [4.69, 9.17) is 20.8 Å². The molecule has 0 saturated heterocycles. The number of aryl methyl sites for hydroxylation is 2. The highest BCUT2D eigenvalue weighted by Gasteiger charge is 2.28. The minimum atomic E-state index is -0.367. The van der Waals surface area contributed by atoms with E-state index in [9.17, 15) is 9.59 Å². The number of halogens is 1. The zero-order valence-corrected chi connectivity index (χ0v) is 19.4. The van der Waals surface area contributed by atoms with Crippen LogP contribution in [0.3, 0.4) is 0 Å². The van der Waals surface area contributed by atoms with Gasteiger partial charge in [-0.15, -0.1) is 0 Å². The third-order valence-electron chi connectivity index (χ3n) is 5.51. The van der Waals surface area contributed by atoms with Crippen molar-refractivity contribution < 1.29 is 18.7 Å². The summed E-state index contributed by atoms with van der Waals surface area (Å²) in [6, 6.07) is 12.2. The summed E-state index contributed by atoms with van der Waals surface area (Å²) in [7, 11) is 1.55. The maximum Gasteiger partial charge on any atom is 0.291 e. The molecule has 1 aliphatic rings. The van der Waals surface area contributed by atoms with Crippen molar-refractivity contribution in [1.82, 2.24) is 5.43 Å². The van der Waals surface area contributed by atoms with Crippen molar-refractivity contribution >= 4 is 34.8 Å². The molecule has 8 heteroatoms. The third-order valence-corrected chi connectivity index (χ3v) is 5.75. The average molecular weight is 466 g/mol. The van der Waals surface area contributed by atoms with E-state index in [2.05, 4.69) is 15.8 Å². The van der Waals surface area contributed by atoms with E-state index in [0.29, 0.717) is 51.9 Å². The summed E-state index contributed by atoms with van der Waals surface area (Å²) in [5, 5.41) is 7.70. The summed E-state index contributed by atoms with van der Waals surface area (Å²) >= 11 is 5.97. The van der Waals surface area contributed by atoms with E-state index in [1.165, 1.54) is 0 Å². The second-order valence-electron chi connectivity index (χ2n) is 7.88. The lowest BCUT2D eigenvalue weighted by Crippen LogP contribution is -2.22. The number of hydrazone groups is 1. The Kier molecular flexibility index (Phi) is 6.51. The molecule has 3 aromatic rings. The molecule has 4 rings (SSSR count). The molecular weight excluding hydrogens is 442 g/mol. The molecule has 0 unspecified atom stereocenters. The average Bonchev–Trinajstić information content (AvgIpc) is 3.15. The first-order valence-electron chi connectivity index (χ1n) is 10.6. The molecule has 0 bridgehead atoms. The topological polar surface area (TPSA) is 92.9 Å². The fraction of sp³-hybridized carbons (Fsp3) is 0.240. The SMILES string of the molecule is COc1ccc(C)cc1NC(=O)c1oc2c(c1C)/C(=N/NC(=O)c1cccc(Cl)c1)CCC2. The van der Waals surface area contributed by atoms with Crippen LogP contribution < -0.4 is 15.5 Å². The van der Waals surface area contributed by atoms with E-state index >= 15 is 0 Å². The van der Waals surface area contributed by atoms with Crippen LogP contribution in [0.4, 0.5) is 5.69 Å². The normalized spacial score (nSPS) is 14.0. The van der Waals surface area contributed by atoms with Crippen molar-refractivity contribution in [1.29, 1.82) is 0 Å². The Bertz CT molecular complexity index is 1260. The van der Waals surface area contributed by atoms with Crippen LogP contribution in [0, 0.1) is 13.8 Å². The smallest absolute Gasteiger partial charge is 0.291 e. The first kappa shape index (κ1) is 22.6. The molecule has 1 heterocycles. The molecule has 0 saturated carbocycles. The summed E-state index contributed by atoms with van der Waals surface area (Å²) in [5.74, 6) is 0.750. The lowest BCUT2D eigenvalue weighted by Gasteiger charge is -2.13. The number of fused-ring (bicyclic) bond motifs is 1. The predicted molar refractivity (Wildman–Crippen MR) is 128 cm³/mol. The van der Waals surface area contributed by atoms with Gasteiger partial charge in [-0.25, -0.2) is 5.43 Å². The Morgan fingerprint density at radius 1 is 1.09 bits per heavy atom. The molecule has 2 N–H and O–H groups in total. The van der Waals surface area contributed by atoms with E-state index < -0.39 is 0 Å². The van der Waals surface area contributed by atoms with Crippen molar-refractivity contribution in [3.8, 4) is 5.75 Å². The van der Waals surface area contributed by atoms with Gasteiger partial charge in [0.15, 0.2) is 5.76 Å². The number of anilines is 1. The lowest BCUT2D eigenvalue weighted by atomic mass is 9.93. The monoisotopic (exact) mass is 465 g/mol. The van der Waals surface area contributed by atoms with Gasteiger partial charge in [0, 0.05) is 28.1 Å². The van der Waals surface area contributed by atoms with Crippen molar-refractivity contribution in [3.63, 3.8) is 0 Å². The summed E-state index contributed by atoms with van der Waals surface area (Å²) in [5.41, 5.74) is 6.71. The molecule has 0 radical (unpaired) electrons. The van der Waals surface area contributed by atoms with Gasteiger partial charge >= 0.3 is 0 Å². The Hall–Kier alpha value is -3.58. The van der Waals surface area contributed by atoms with Crippen molar-refractivity contribution in [2.24, 2.45) is 5.10 Å². The van der Waals surface area contributed by atoms with Crippen LogP contribution in [-0.2, 0) is 6.42 Å². The summed E-state index contributed by atoms with van der Waals surface area (Å²) < 4.78 is 11.3. The van der Waals surface area contributed by atoms with E-state index in [-0.39, 0.29) is 17.6 Å². The van der Waals surface area contributed by atoms with Gasteiger partial charge in [-0.2, -0.15) is 5.10 Å². The molecule has 33 heavy (non-hydrogen) atoms. The molecule has 2 aromatic carbocycles. The number of carbonyl (C=O) groups excluding carboxylic acids is 2. The maximum atomic E-state index is 13.0. The van der Waals surface area contributed by atoms with Crippen molar-refractivity contribution in [2.75, 3.05) is 12.4 Å². The van der Waals surface area contributed by atoms with Gasteiger partial charge in [0.25, 0.3) is 11.8 Å². The first-order valence-corrected chi connectivity index (χ1v) is 11.0. The molecule has 0 fully saturated rings. The van der Waals surface area contributed by atoms with Gasteiger partial charge in [-0.1, -0.05) is 23.7 Å². The number of ether oxygens (including phenoxy) is 1.